The number of likely N-dealkylation sites (N-methyl/N-ethyl adjacent to an activating group) is 1. The van der Waals surface area contributed by atoms with Gasteiger partial charge >= 0.3 is 0 Å². The molecule has 0 aliphatic heterocycles. The van der Waals surface area contributed by atoms with Crippen LogP contribution >= 0.6 is 34.8 Å². The first-order valence-electron chi connectivity index (χ1n) is 12.5. The van der Waals surface area contributed by atoms with Crippen molar-refractivity contribution >= 4 is 62.3 Å². The Kier molecular flexibility index (Phi) is 11.1. The third kappa shape index (κ3) is 7.40. The Morgan fingerprint density at radius 2 is 1.65 bits per heavy atom. The van der Waals surface area contributed by atoms with E-state index in [0.717, 1.165) is 4.31 Å². The third-order valence-corrected chi connectivity index (χ3v) is 8.80. The van der Waals surface area contributed by atoms with E-state index >= 15 is 0 Å². The summed E-state index contributed by atoms with van der Waals surface area (Å²) < 4.78 is 33.9. The van der Waals surface area contributed by atoms with Gasteiger partial charge in [-0.05, 0) is 61.4 Å². The van der Waals surface area contributed by atoms with E-state index in [4.69, 9.17) is 39.5 Å². The number of nitrogens with one attached hydrogen (secondary N) is 1. The normalized spacial score (nSPS) is 11.9. The second kappa shape index (κ2) is 14.1. The Balaban J connectivity index is 2.10. The zero-order valence-electron chi connectivity index (χ0n) is 22.2. The molecule has 40 heavy (non-hydrogen) atoms. The lowest BCUT2D eigenvalue weighted by atomic mass is 10.1. The van der Waals surface area contributed by atoms with Gasteiger partial charge in [0, 0.05) is 23.1 Å². The molecule has 0 saturated carbocycles. The molecule has 0 aromatic heterocycles. The highest BCUT2D eigenvalue weighted by molar-refractivity contribution is 7.92. The Morgan fingerprint density at radius 1 is 0.950 bits per heavy atom. The number of benzene rings is 3. The maximum atomic E-state index is 14.0. The number of methoxy groups -OCH3 is 1. The summed E-state index contributed by atoms with van der Waals surface area (Å²) in [5.41, 5.74) is 0.700. The predicted octanol–water partition coefficient (Wildman–Crippen LogP) is 5.79. The number of nitrogens with zero attached hydrogens (tertiary/aromatic N) is 2. The molecule has 3 rings (SSSR count). The lowest BCUT2D eigenvalue weighted by Crippen LogP contribution is -2.52. The van der Waals surface area contributed by atoms with Gasteiger partial charge in [-0.2, -0.15) is 0 Å². The Hall–Kier alpha value is -2.98. The van der Waals surface area contributed by atoms with Crippen LogP contribution < -0.4 is 14.4 Å². The van der Waals surface area contributed by atoms with Gasteiger partial charge in [-0.1, -0.05) is 66.0 Å². The van der Waals surface area contributed by atoms with Crippen LogP contribution in [0, 0.1) is 0 Å². The van der Waals surface area contributed by atoms with Gasteiger partial charge in [0.15, 0.2) is 0 Å². The van der Waals surface area contributed by atoms with Crippen molar-refractivity contribution in [1.29, 1.82) is 0 Å². The summed E-state index contributed by atoms with van der Waals surface area (Å²) in [5.74, 6) is -0.640. The molecule has 0 fully saturated rings. The van der Waals surface area contributed by atoms with Crippen LogP contribution in [0.15, 0.2) is 71.6 Å². The molecular formula is C28H30Cl3N3O5S. The fourth-order valence-electron chi connectivity index (χ4n) is 4.10. The third-order valence-electron chi connectivity index (χ3n) is 6.13. The van der Waals surface area contributed by atoms with Crippen LogP contribution in [-0.4, -0.2) is 51.4 Å². The first-order chi connectivity index (χ1) is 19.0. The first-order valence-corrected chi connectivity index (χ1v) is 15.0. The topological polar surface area (TPSA) is 96.0 Å². The molecule has 0 aliphatic carbocycles. The van der Waals surface area contributed by atoms with E-state index in [1.165, 1.54) is 42.3 Å². The average molecular weight is 627 g/mol. The molecule has 0 bridgehead atoms. The summed E-state index contributed by atoms with van der Waals surface area (Å²) in [6.45, 7) is 3.24. The number of hydrogen-bond donors (Lipinski definition) is 1. The predicted molar refractivity (Wildman–Crippen MR) is 159 cm³/mol. The van der Waals surface area contributed by atoms with Crippen molar-refractivity contribution in [1.82, 2.24) is 10.2 Å². The van der Waals surface area contributed by atoms with Crippen LogP contribution in [0.3, 0.4) is 0 Å². The minimum atomic E-state index is -4.23. The van der Waals surface area contributed by atoms with E-state index in [2.05, 4.69) is 5.32 Å². The van der Waals surface area contributed by atoms with Gasteiger partial charge in [-0.3, -0.25) is 13.9 Å². The molecule has 1 atom stereocenters. The van der Waals surface area contributed by atoms with Crippen LogP contribution in [0.1, 0.15) is 25.8 Å². The van der Waals surface area contributed by atoms with Crippen LogP contribution in [0.2, 0.25) is 15.1 Å². The number of ether oxygens (including phenoxy) is 1. The molecule has 0 unspecified atom stereocenters. The molecule has 0 saturated heterocycles. The summed E-state index contributed by atoms with van der Waals surface area (Å²) >= 11 is 18.8. The molecule has 0 heterocycles. The molecule has 0 radical (unpaired) electrons. The Morgan fingerprint density at radius 3 is 2.23 bits per heavy atom. The lowest BCUT2D eigenvalue weighted by molar-refractivity contribution is -0.140. The number of carbonyl (C=O) groups excluding carboxylic acids is 2. The van der Waals surface area contributed by atoms with Gasteiger partial charge in [-0.15, -0.1) is 0 Å². The molecule has 12 heteroatoms. The van der Waals surface area contributed by atoms with Crippen molar-refractivity contribution in [2.24, 2.45) is 0 Å². The second-order valence-corrected chi connectivity index (χ2v) is 11.8. The van der Waals surface area contributed by atoms with E-state index < -0.39 is 28.5 Å². The van der Waals surface area contributed by atoms with E-state index in [1.54, 1.807) is 50.2 Å². The van der Waals surface area contributed by atoms with Gasteiger partial charge in [0.2, 0.25) is 11.8 Å². The van der Waals surface area contributed by atoms with Gasteiger partial charge in [-0.25, -0.2) is 8.42 Å². The molecule has 1 N–H and O–H groups in total. The summed E-state index contributed by atoms with van der Waals surface area (Å²) in [7, 11) is -2.79. The van der Waals surface area contributed by atoms with Crippen LogP contribution in [0.5, 0.6) is 5.75 Å². The van der Waals surface area contributed by atoms with Gasteiger partial charge in [0.1, 0.15) is 18.3 Å². The second-order valence-electron chi connectivity index (χ2n) is 8.72. The van der Waals surface area contributed by atoms with Crippen LogP contribution in [0.25, 0.3) is 0 Å². The molecule has 0 aliphatic rings. The summed E-state index contributed by atoms with van der Waals surface area (Å²) in [4.78, 5) is 28.4. The highest BCUT2D eigenvalue weighted by Gasteiger charge is 2.34. The smallest absolute Gasteiger partial charge is 0.264 e. The number of halogens is 3. The van der Waals surface area contributed by atoms with Crippen molar-refractivity contribution in [2.75, 3.05) is 24.5 Å². The maximum Gasteiger partial charge on any atom is 0.264 e. The van der Waals surface area contributed by atoms with Crippen LogP contribution in [0.4, 0.5) is 5.69 Å². The van der Waals surface area contributed by atoms with E-state index in [-0.39, 0.29) is 34.5 Å². The molecule has 2 amide bonds. The molecular weight excluding hydrogens is 597 g/mol. The molecule has 3 aromatic rings. The van der Waals surface area contributed by atoms with Crippen molar-refractivity contribution in [3.63, 3.8) is 0 Å². The summed E-state index contributed by atoms with van der Waals surface area (Å²) in [6.07, 6.45) is 0.280. The minimum absolute atomic E-state index is 0.0159. The van der Waals surface area contributed by atoms with Gasteiger partial charge in [0.25, 0.3) is 10.0 Å². The van der Waals surface area contributed by atoms with Crippen molar-refractivity contribution in [3.8, 4) is 5.75 Å². The highest BCUT2D eigenvalue weighted by atomic mass is 35.5. The number of rotatable bonds is 12. The fraction of sp³-hybridized carbons (Fsp3) is 0.286. The van der Waals surface area contributed by atoms with E-state index in [0.29, 0.717) is 27.9 Å². The number of carbonyl (C=O) groups is 2. The highest BCUT2D eigenvalue weighted by Crippen LogP contribution is 2.32. The monoisotopic (exact) mass is 625 g/mol. The quantitative estimate of drug-likeness (QED) is 0.274. The zero-order chi connectivity index (χ0) is 29.4. The number of sulfonamides is 1. The van der Waals surface area contributed by atoms with E-state index in [9.17, 15) is 18.0 Å². The SMILES string of the molecule is CCNC(=O)[C@H](CC)N(Cc1ccc(Cl)cc1Cl)C(=O)CN(c1ccc(OC)c(Cl)c1)S(=O)(=O)c1ccccc1. The number of anilines is 1. The zero-order valence-corrected chi connectivity index (χ0v) is 25.3. The Labute approximate surface area is 249 Å². The average Bonchev–Trinajstić information content (AvgIpc) is 2.93. The molecule has 3 aromatic carbocycles. The van der Waals surface area contributed by atoms with Crippen molar-refractivity contribution in [2.45, 2.75) is 37.8 Å². The minimum Gasteiger partial charge on any atom is -0.495 e. The van der Waals surface area contributed by atoms with Crippen molar-refractivity contribution < 1.29 is 22.7 Å². The summed E-state index contributed by atoms with van der Waals surface area (Å²) in [6, 6.07) is 16.1. The lowest BCUT2D eigenvalue weighted by Gasteiger charge is -2.33. The fourth-order valence-corrected chi connectivity index (χ4v) is 6.25. The Bertz CT molecular complexity index is 1450. The first kappa shape index (κ1) is 31.5. The number of amides is 2. The standard InChI is InChI=1S/C28H30Cl3N3O5S/c1-4-25(28(36)32-5-2)33(17-19-11-12-20(29)15-23(19)30)27(35)18-34(21-13-14-26(39-3)24(31)16-21)40(37,38)22-9-7-6-8-10-22/h6-16,25H,4-5,17-18H2,1-3H3,(H,32,36)/t25-/m0/s1. The molecule has 8 nitrogen and oxygen atoms in total. The van der Waals surface area contributed by atoms with Crippen molar-refractivity contribution in [3.05, 3.63) is 87.4 Å². The largest absolute Gasteiger partial charge is 0.495 e. The number of hydrogen-bond acceptors (Lipinski definition) is 5. The molecule has 0 spiro atoms. The molecule has 214 valence electrons. The van der Waals surface area contributed by atoms with Gasteiger partial charge < -0.3 is 15.0 Å². The maximum absolute atomic E-state index is 14.0. The summed E-state index contributed by atoms with van der Waals surface area (Å²) in [5, 5.41) is 3.65. The van der Waals surface area contributed by atoms with Crippen LogP contribution in [-0.2, 0) is 26.2 Å². The van der Waals surface area contributed by atoms with Gasteiger partial charge in [0.05, 0.1) is 22.7 Å². The van der Waals surface area contributed by atoms with E-state index in [1.807, 2.05) is 0 Å².